The van der Waals surface area contributed by atoms with Crippen LogP contribution in [0, 0.1) is 34.5 Å². The van der Waals surface area contributed by atoms with Crippen molar-refractivity contribution in [1.29, 1.82) is 0 Å². The molecule has 0 aromatic carbocycles. The molecule has 2 unspecified atom stereocenters. The molecule has 180 valence electrons. The third-order valence-electron chi connectivity index (χ3n) is 9.07. The molecule has 8 atom stereocenters. The van der Waals surface area contributed by atoms with Gasteiger partial charge in [0.2, 0.25) is 5.78 Å². The summed E-state index contributed by atoms with van der Waals surface area (Å²) in [5.41, 5.74) is -2.02. The Morgan fingerprint density at radius 2 is 1.97 bits per heavy atom. The van der Waals surface area contributed by atoms with Crippen LogP contribution in [-0.2, 0) is 23.9 Å². The molecular formula is C26H33BrO6. The van der Waals surface area contributed by atoms with E-state index in [1.54, 1.807) is 12.2 Å². The van der Waals surface area contributed by atoms with Gasteiger partial charge < -0.3 is 9.84 Å². The van der Waals surface area contributed by atoms with Crippen LogP contribution in [0.15, 0.2) is 23.8 Å². The Balaban J connectivity index is 1.83. The number of hydrogen-bond acceptors (Lipinski definition) is 6. The molecule has 1 N–H and O–H groups in total. The Hall–Kier alpha value is -1.60. The zero-order valence-electron chi connectivity index (χ0n) is 19.7. The highest BCUT2D eigenvalue weighted by molar-refractivity contribution is 9.09. The number of alkyl halides is 1. The number of ketones is 3. The first kappa shape index (κ1) is 24.5. The second-order valence-corrected chi connectivity index (χ2v) is 12.0. The molecule has 0 radical (unpaired) electrons. The number of esters is 1. The van der Waals surface area contributed by atoms with Gasteiger partial charge in [-0.25, -0.2) is 0 Å². The highest BCUT2D eigenvalue weighted by Crippen LogP contribution is 2.69. The van der Waals surface area contributed by atoms with Gasteiger partial charge in [-0.2, -0.15) is 0 Å². The van der Waals surface area contributed by atoms with Crippen molar-refractivity contribution in [2.24, 2.45) is 34.5 Å². The van der Waals surface area contributed by atoms with E-state index >= 15 is 0 Å². The molecule has 0 aromatic heterocycles. The maximum absolute atomic E-state index is 13.9. The molecule has 3 saturated carbocycles. The van der Waals surface area contributed by atoms with Crippen LogP contribution in [0.25, 0.3) is 0 Å². The first-order valence-corrected chi connectivity index (χ1v) is 12.8. The van der Waals surface area contributed by atoms with Crippen LogP contribution in [0.1, 0.15) is 59.8 Å². The molecule has 4 rings (SSSR count). The van der Waals surface area contributed by atoms with E-state index in [4.69, 9.17) is 4.74 Å². The zero-order chi connectivity index (χ0) is 24.3. The van der Waals surface area contributed by atoms with Gasteiger partial charge in [0.15, 0.2) is 11.4 Å². The lowest BCUT2D eigenvalue weighted by Crippen LogP contribution is -2.64. The molecule has 0 aliphatic heterocycles. The Bertz CT molecular complexity index is 968. The summed E-state index contributed by atoms with van der Waals surface area (Å²) in [7, 11) is 0. The normalized spacial score (nSPS) is 43.9. The van der Waals surface area contributed by atoms with E-state index in [9.17, 15) is 24.3 Å². The molecule has 33 heavy (non-hydrogen) atoms. The summed E-state index contributed by atoms with van der Waals surface area (Å²) < 4.78 is 6.00. The van der Waals surface area contributed by atoms with E-state index in [0.29, 0.717) is 19.3 Å². The smallest absolute Gasteiger partial charge is 0.306 e. The molecule has 3 fully saturated rings. The lowest BCUT2D eigenvalue weighted by atomic mass is 9.46. The number of aliphatic hydroxyl groups excluding tert-OH is 1. The van der Waals surface area contributed by atoms with Gasteiger partial charge in [-0.1, -0.05) is 55.3 Å². The van der Waals surface area contributed by atoms with Crippen LogP contribution < -0.4 is 0 Å². The van der Waals surface area contributed by atoms with Gasteiger partial charge >= 0.3 is 5.97 Å². The summed E-state index contributed by atoms with van der Waals surface area (Å²) >= 11 is 3.84. The van der Waals surface area contributed by atoms with Crippen molar-refractivity contribution >= 4 is 39.2 Å². The average Bonchev–Trinajstić information content (AvgIpc) is 2.96. The fourth-order valence-corrected chi connectivity index (χ4v) is 8.71. The first-order valence-electron chi connectivity index (χ1n) is 11.9. The lowest BCUT2D eigenvalue weighted by Gasteiger charge is -2.58. The molecule has 4 aliphatic rings. The summed E-state index contributed by atoms with van der Waals surface area (Å²) in [6.45, 7) is 6.96. The number of halogens is 1. The first-order chi connectivity index (χ1) is 15.5. The minimum absolute atomic E-state index is 0.0195. The monoisotopic (exact) mass is 520 g/mol. The van der Waals surface area contributed by atoms with Crippen LogP contribution >= 0.6 is 15.9 Å². The minimum atomic E-state index is -1.53. The maximum atomic E-state index is 13.9. The molecule has 0 spiro atoms. The van der Waals surface area contributed by atoms with Gasteiger partial charge in [0.1, 0.15) is 12.4 Å². The predicted octanol–water partition coefficient (Wildman–Crippen LogP) is 3.74. The van der Waals surface area contributed by atoms with Crippen molar-refractivity contribution in [3.8, 4) is 0 Å². The van der Waals surface area contributed by atoms with E-state index < -0.39 is 34.8 Å². The highest BCUT2D eigenvalue weighted by Gasteiger charge is 2.73. The number of rotatable bonds is 5. The quantitative estimate of drug-likeness (QED) is 0.438. The third-order valence-corrected chi connectivity index (χ3v) is 10.0. The second-order valence-electron chi connectivity index (χ2n) is 10.8. The highest BCUT2D eigenvalue weighted by atomic mass is 79.9. The number of fused-ring (bicyclic) bond motifs is 5. The Labute approximate surface area is 203 Å². The summed E-state index contributed by atoms with van der Waals surface area (Å²) in [5.74, 6) is -1.83. The Kier molecular flexibility index (Phi) is 6.14. The van der Waals surface area contributed by atoms with Crippen LogP contribution in [0.2, 0.25) is 0 Å². The SMILES string of the molecule is CCCC(=O)O[C@]1(C(=O)CO)C(C)C[C@H]2[C@@H]3C(Br)CC4=CC(=O)C=C[C@]4(C)[C@H]3C(=O)C[C@@]21C. The number of Topliss-reactive ketones (excluding diaryl/α,β-unsaturated/α-hetero) is 2. The van der Waals surface area contributed by atoms with E-state index in [1.165, 1.54) is 0 Å². The van der Waals surface area contributed by atoms with Crippen LogP contribution in [0.4, 0.5) is 0 Å². The van der Waals surface area contributed by atoms with Crippen LogP contribution in [0.5, 0.6) is 0 Å². The largest absolute Gasteiger partial charge is 0.450 e. The van der Waals surface area contributed by atoms with E-state index in [-0.39, 0.29) is 52.9 Å². The average molecular weight is 521 g/mol. The third kappa shape index (κ3) is 3.28. The van der Waals surface area contributed by atoms with Gasteiger partial charge in [0, 0.05) is 40.3 Å². The fraction of sp³-hybridized carbons (Fsp3) is 0.692. The Morgan fingerprint density at radius 3 is 2.61 bits per heavy atom. The summed E-state index contributed by atoms with van der Waals surface area (Å²) in [6, 6.07) is 0. The van der Waals surface area contributed by atoms with Gasteiger partial charge in [-0.3, -0.25) is 19.2 Å². The van der Waals surface area contributed by atoms with E-state index in [2.05, 4.69) is 15.9 Å². The van der Waals surface area contributed by atoms with Gasteiger partial charge in [0.05, 0.1) is 0 Å². The molecule has 4 aliphatic carbocycles. The molecule has 6 nitrogen and oxygen atoms in total. The summed E-state index contributed by atoms with van der Waals surface area (Å²) in [4.78, 5) is 51.9. The van der Waals surface area contributed by atoms with Crippen molar-refractivity contribution in [2.75, 3.05) is 6.61 Å². The topological polar surface area (TPSA) is 97.7 Å². The lowest BCUT2D eigenvalue weighted by molar-refractivity contribution is -0.196. The number of carbonyl (C=O) groups is 4. The number of allylic oxidation sites excluding steroid dienone is 4. The summed E-state index contributed by atoms with van der Waals surface area (Å²) in [5, 5.41) is 9.91. The maximum Gasteiger partial charge on any atom is 0.306 e. The molecule has 0 heterocycles. The van der Waals surface area contributed by atoms with E-state index in [0.717, 1.165) is 5.57 Å². The number of ether oxygens (including phenoxy) is 1. The van der Waals surface area contributed by atoms with Crippen molar-refractivity contribution in [3.63, 3.8) is 0 Å². The predicted molar refractivity (Wildman–Crippen MR) is 125 cm³/mol. The minimum Gasteiger partial charge on any atom is -0.450 e. The van der Waals surface area contributed by atoms with Crippen molar-refractivity contribution in [1.82, 2.24) is 0 Å². The second kappa shape index (κ2) is 8.26. The standard InChI is InChI=1S/C26H33BrO6/c1-5-6-21(32)33-26(20(31)13-28)14(2)9-17-22-18(27)11-15-10-16(29)7-8-24(15,3)23(22)19(30)12-25(17,26)4/h7-8,10,14,17-18,22-23,28H,5-6,9,11-13H2,1-4H3/t14?,17-,18?,22+,23-,24-,25-,26-/m0/s1. The number of carbonyl (C=O) groups excluding carboxylic acids is 4. The fourth-order valence-electron chi connectivity index (χ4n) is 7.69. The summed E-state index contributed by atoms with van der Waals surface area (Å²) in [6.07, 6.45) is 7.22. The zero-order valence-corrected chi connectivity index (χ0v) is 21.3. The van der Waals surface area contributed by atoms with Crippen molar-refractivity contribution in [3.05, 3.63) is 23.8 Å². The van der Waals surface area contributed by atoms with Crippen molar-refractivity contribution in [2.45, 2.75) is 70.2 Å². The molecule has 7 heteroatoms. The number of aliphatic hydroxyl groups is 1. The van der Waals surface area contributed by atoms with Gasteiger partial charge in [0.25, 0.3) is 0 Å². The molecular weight excluding hydrogens is 488 g/mol. The van der Waals surface area contributed by atoms with Gasteiger partial charge in [-0.05, 0) is 43.3 Å². The van der Waals surface area contributed by atoms with Crippen molar-refractivity contribution < 1.29 is 29.0 Å². The Morgan fingerprint density at radius 1 is 1.27 bits per heavy atom. The molecule has 0 saturated heterocycles. The number of hydrogen-bond donors (Lipinski definition) is 1. The molecule has 0 amide bonds. The van der Waals surface area contributed by atoms with E-state index in [1.807, 2.05) is 33.8 Å². The molecule has 0 bridgehead atoms. The van der Waals surface area contributed by atoms with Crippen LogP contribution in [-0.4, -0.2) is 45.5 Å². The van der Waals surface area contributed by atoms with Crippen LogP contribution in [0.3, 0.4) is 0 Å². The molecule has 0 aromatic rings. The van der Waals surface area contributed by atoms with Gasteiger partial charge in [-0.15, -0.1) is 0 Å².